The highest BCUT2D eigenvalue weighted by atomic mass is 35.5. The molecule has 8 heteroatoms. The molecule has 136 valence electrons. The quantitative estimate of drug-likeness (QED) is 0.491. The molecule has 2 aromatic heterocycles. The summed E-state index contributed by atoms with van der Waals surface area (Å²) in [4.78, 5) is 12.4. The van der Waals surface area contributed by atoms with Gasteiger partial charge in [0.1, 0.15) is 16.7 Å². The number of amides is 1. The Balaban J connectivity index is 1.58. The lowest BCUT2D eigenvalue weighted by Gasteiger charge is -2.11. The molecule has 0 bridgehead atoms. The molecule has 3 aromatic rings. The van der Waals surface area contributed by atoms with Crippen LogP contribution in [0.25, 0.3) is 5.52 Å². The molecule has 0 atom stereocenters. The largest absolute Gasteiger partial charge is 0.497 e. The maximum absolute atomic E-state index is 12.4. The number of aromatic nitrogens is 2. The normalized spacial score (nSPS) is 10.6. The van der Waals surface area contributed by atoms with Gasteiger partial charge in [0.2, 0.25) is 0 Å². The van der Waals surface area contributed by atoms with E-state index in [1.807, 2.05) is 12.1 Å². The average molecular weight is 375 g/mol. The van der Waals surface area contributed by atoms with Crippen molar-refractivity contribution in [1.82, 2.24) is 14.9 Å². The number of fused-ring (bicyclic) bond motifs is 1. The van der Waals surface area contributed by atoms with Crippen molar-refractivity contribution in [2.75, 3.05) is 32.6 Å². The van der Waals surface area contributed by atoms with Crippen LogP contribution in [0.1, 0.15) is 10.4 Å². The van der Waals surface area contributed by atoms with Crippen molar-refractivity contribution in [3.8, 4) is 11.5 Å². The smallest absolute Gasteiger partial charge is 0.255 e. The highest BCUT2D eigenvalue weighted by Gasteiger charge is 2.13. The average Bonchev–Trinajstić information content (AvgIpc) is 3.10. The Morgan fingerprint density at radius 1 is 1.15 bits per heavy atom. The van der Waals surface area contributed by atoms with Crippen molar-refractivity contribution < 1.29 is 14.3 Å². The minimum absolute atomic E-state index is 0.202. The highest BCUT2D eigenvalue weighted by molar-refractivity contribution is 6.29. The van der Waals surface area contributed by atoms with E-state index < -0.39 is 0 Å². The molecule has 0 aliphatic carbocycles. The van der Waals surface area contributed by atoms with Gasteiger partial charge >= 0.3 is 0 Å². The van der Waals surface area contributed by atoms with Crippen LogP contribution in [0, 0.1) is 0 Å². The third-order valence-electron chi connectivity index (χ3n) is 3.83. The molecule has 0 saturated carbocycles. The fraction of sp³-hybridized carbons (Fsp3) is 0.222. The minimum atomic E-state index is -0.202. The van der Waals surface area contributed by atoms with Crippen molar-refractivity contribution in [3.05, 3.63) is 53.3 Å². The molecule has 0 aliphatic rings. The van der Waals surface area contributed by atoms with Crippen molar-refractivity contribution >= 4 is 28.7 Å². The molecule has 1 amide bonds. The number of methoxy groups -OCH3 is 2. The maximum Gasteiger partial charge on any atom is 0.255 e. The van der Waals surface area contributed by atoms with Crippen LogP contribution in [0.3, 0.4) is 0 Å². The van der Waals surface area contributed by atoms with Gasteiger partial charge in [-0.15, -0.1) is 0 Å². The first-order chi connectivity index (χ1) is 12.6. The Kier molecular flexibility index (Phi) is 5.48. The molecule has 0 fully saturated rings. The standard InChI is InChI=1S/C18H19ClN4O3/c1-25-13-8-12(9-14(10-13)26-2)20-6-7-21-18(24)15-11-22-23-16(15)4-3-5-17(23)19/h3-5,8-11,20H,6-7H2,1-2H3,(H,21,24). The summed E-state index contributed by atoms with van der Waals surface area (Å²) >= 11 is 6.06. The minimum Gasteiger partial charge on any atom is -0.497 e. The van der Waals surface area contributed by atoms with E-state index in [1.54, 1.807) is 38.5 Å². The van der Waals surface area contributed by atoms with Crippen LogP contribution in [0.4, 0.5) is 5.69 Å². The van der Waals surface area contributed by atoms with E-state index in [9.17, 15) is 4.79 Å². The number of anilines is 1. The van der Waals surface area contributed by atoms with Gasteiger partial charge in [-0.25, -0.2) is 4.52 Å². The Bertz CT molecular complexity index is 904. The van der Waals surface area contributed by atoms with Gasteiger partial charge in [0.05, 0.1) is 31.5 Å². The molecule has 2 heterocycles. The van der Waals surface area contributed by atoms with Crippen LogP contribution < -0.4 is 20.1 Å². The molecular formula is C18H19ClN4O3. The second-order valence-corrected chi connectivity index (χ2v) is 5.88. The number of rotatable bonds is 7. The lowest BCUT2D eigenvalue weighted by atomic mass is 10.2. The zero-order valence-electron chi connectivity index (χ0n) is 14.5. The predicted molar refractivity (Wildman–Crippen MR) is 101 cm³/mol. The number of ether oxygens (including phenoxy) is 2. The van der Waals surface area contributed by atoms with Crippen LogP contribution in [-0.2, 0) is 0 Å². The molecular weight excluding hydrogens is 356 g/mol. The van der Waals surface area contributed by atoms with Gasteiger partial charge < -0.3 is 20.1 Å². The summed E-state index contributed by atoms with van der Waals surface area (Å²) in [5, 5.41) is 10.7. The van der Waals surface area contributed by atoms with E-state index in [0.29, 0.717) is 40.8 Å². The lowest BCUT2D eigenvalue weighted by molar-refractivity contribution is 0.0957. The number of carbonyl (C=O) groups excluding carboxylic acids is 1. The zero-order valence-corrected chi connectivity index (χ0v) is 15.2. The summed E-state index contributed by atoms with van der Waals surface area (Å²) in [5.74, 6) is 1.19. The second kappa shape index (κ2) is 7.97. The molecule has 2 N–H and O–H groups in total. The second-order valence-electron chi connectivity index (χ2n) is 5.49. The number of benzene rings is 1. The number of nitrogens with one attached hydrogen (secondary N) is 2. The molecule has 0 radical (unpaired) electrons. The van der Waals surface area contributed by atoms with Crippen molar-refractivity contribution in [1.29, 1.82) is 0 Å². The van der Waals surface area contributed by atoms with Gasteiger partial charge in [-0.2, -0.15) is 5.10 Å². The van der Waals surface area contributed by atoms with E-state index in [1.165, 1.54) is 10.7 Å². The summed E-state index contributed by atoms with van der Waals surface area (Å²) in [6.07, 6.45) is 1.51. The summed E-state index contributed by atoms with van der Waals surface area (Å²) in [6.45, 7) is 0.984. The van der Waals surface area contributed by atoms with Gasteiger partial charge in [-0.1, -0.05) is 17.7 Å². The Morgan fingerprint density at radius 2 is 1.88 bits per heavy atom. The number of nitrogens with zero attached hydrogens (tertiary/aromatic N) is 2. The fourth-order valence-corrected chi connectivity index (χ4v) is 2.75. The third-order valence-corrected chi connectivity index (χ3v) is 4.12. The van der Waals surface area contributed by atoms with Crippen LogP contribution in [0.15, 0.2) is 42.6 Å². The SMILES string of the molecule is COc1cc(NCCNC(=O)c2cnn3c(Cl)cccc23)cc(OC)c1. The molecule has 1 aromatic carbocycles. The number of pyridine rings is 1. The summed E-state index contributed by atoms with van der Waals surface area (Å²) in [7, 11) is 3.20. The Labute approximate surface area is 155 Å². The first kappa shape index (κ1) is 17.9. The monoisotopic (exact) mass is 374 g/mol. The molecule has 7 nitrogen and oxygen atoms in total. The number of carbonyl (C=O) groups is 1. The van der Waals surface area contributed by atoms with E-state index in [4.69, 9.17) is 21.1 Å². The van der Waals surface area contributed by atoms with Gasteiger partial charge in [0.15, 0.2) is 0 Å². The predicted octanol–water partition coefficient (Wildman–Crippen LogP) is 2.85. The first-order valence-electron chi connectivity index (χ1n) is 8.00. The molecule has 3 rings (SSSR count). The van der Waals surface area contributed by atoms with Crippen LogP contribution >= 0.6 is 11.6 Å². The van der Waals surface area contributed by atoms with Gasteiger partial charge in [-0.05, 0) is 12.1 Å². The molecule has 0 saturated heterocycles. The third kappa shape index (κ3) is 3.83. The zero-order chi connectivity index (χ0) is 18.5. The van der Waals surface area contributed by atoms with Crippen molar-refractivity contribution in [2.24, 2.45) is 0 Å². The van der Waals surface area contributed by atoms with Gasteiger partial charge in [0, 0.05) is 37.0 Å². The molecule has 0 unspecified atom stereocenters. The van der Waals surface area contributed by atoms with Crippen LogP contribution in [-0.4, -0.2) is 42.8 Å². The summed E-state index contributed by atoms with van der Waals surface area (Å²) < 4.78 is 12.0. The topological polar surface area (TPSA) is 76.9 Å². The number of halogens is 1. The maximum atomic E-state index is 12.4. The van der Waals surface area contributed by atoms with Crippen molar-refractivity contribution in [3.63, 3.8) is 0 Å². The van der Waals surface area contributed by atoms with E-state index >= 15 is 0 Å². The Hall–Kier alpha value is -2.93. The fourth-order valence-electron chi connectivity index (χ4n) is 2.54. The van der Waals surface area contributed by atoms with Crippen LogP contribution in [0.2, 0.25) is 5.15 Å². The van der Waals surface area contributed by atoms with Gasteiger partial charge in [0.25, 0.3) is 5.91 Å². The van der Waals surface area contributed by atoms with Gasteiger partial charge in [-0.3, -0.25) is 4.79 Å². The first-order valence-corrected chi connectivity index (χ1v) is 8.37. The van der Waals surface area contributed by atoms with Crippen molar-refractivity contribution in [2.45, 2.75) is 0 Å². The van der Waals surface area contributed by atoms with E-state index in [2.05, 4.69) is 15.7 Å². The Morgan fingerprint density at radius 3 is 2.58 bits per heavy atom. The summed E-state index contributed by atoms with van der Waals surface area (Å²) in [6, 6.07) is 10.8. The molecule has 0 aliphatic heterocycles. The number of hydrogen-bond acceptors (Lipinski definition) is 5. The van der Waals surface area contributed by atoms with E-state index in [-0.39, 0.29) is 5.91 Å². The lowest BCUT2D eigenvalue weighted by Crippen LogP contribution is -2.28. The molecule has 0 spiro atoms. The highest BCUT2D eigenvalue weighted by Crippen LogP contribution is 2.25. The molecule has 26 heavy (non-hydrogen) atoms. The van der Waals surface area contributed by atoms with E-state index in [0.717, 1.165) is 5.69 Å². The summed E-state index contributed by atoms with van der Waals surface area (Å²) in [5.41, 5.74) is 1.99. The number of hydrogen-bond donors (Lipinski definition) is 2. The van der Waals surface area contributed by atoms with Crippen LogP contribution in [0.5, 0.6) is 11.5 Å².